The van der Waals surface area contributed by atoms with Crippen LogP contribution in [0.1, 0.15) is 6.92 Å². The summed E-state index contributed by atoms with van der Waals surface area (Å²) in [7, 11) is 0.0768. The Hall–Kier alpha value is -0.740. The van der Waals surface area contributed by atoms with Crippen molar-refractivity contribution < 1.29 is 13.3 Å². The Balaban J connectivity index is 2.31. The van der Waals surface area contributed by atoms with Crippen LogP contribution in [0.4, 0.5) is 5.69 Å². The number of hydrogen-bond donors (Lipinski definition) is 0. The summed E-state index contributed by atoms with van der Waals surface area (Å²) in [6.45, 7) is 2.76. The first-order valence-electron chi connectivity index (χ1n) is 6.25. The molecule has 0 amide bonds. The van der Waals surface area contributed by atoms with Gasteiger partial charge in [-0.05, 0) is 20.0 Å². The molecule has 0 saturated carbocycles. The predicted molar refractivity (Wildman–Crippen MR) is 81.4 cm³/mol. The zero-order chi connectivity index (χ0) is 15.9. The number of thiophene rings is 1. The van der Waals surface area contributed by atoms with E-state index in [0.29, 0.717) is 13.1 Å². The molecule has 2 unspecified atom stereocenters. The highest BCUT2D eigenvalue weighted by Gasteiger charge is 2.39. The zero-order valence-electron chi connectivity index (χ0n) is 11.8. The van der Waals surface area contributed by atoms with Crippen molar-refractivity contribution in [1.29, 1.82) is 0 Å². The minimum absolute atomic E-state index is 0.0780. The molecule has 21 heavy (non-hydrogen) atoms. The van der Waals surface area contributed by atoms with E-state index in [0.717, 1.165) is 17.4 Å². The van der Waals surface area contributed by atoms with Crippen molar-refractivity contribution in [1.82, 2.24) is 9.21 Å². The molecule has 1 fully saturated rings. The van der Waals surface area contributed by atoms with E-state index in [1.54, 1.807) is 0 Å². The molecule has 0 N–H and O–H groups in total. The molecule has 0 aliphatic carbocycles. The van der Waals surface area contributed by atoms with Gasteiger partial charge in [0.05, 0.1) is 4.92 Å². The van der Waals surface area contributed by atoms with Crippen LogP contribution in [-0.2, 0) is 10.0 Å². The quantitative estimate of drug-likeness (QED) is 0.609. The Kier molecular flexibility index (Phi) is 4.60. The first kappa shape index (κ1) is 16.6. The summed E-state index contributed by atoms with van der Waals surface area (Å²) in [6, 6.07) is 1.17. The second kappa shape index (κ2) is 5.81. The molecule has 1 aromatic rings. The highest BCUT2D eigenvalue weighted by atomic mass is 35.5. The smallest absolute Gasteiger partial charge is 0.300 e. The van der Waals surface area contributed by atoms with Crippen LogP contribution in [0.5, 0.6) is 0 Å². The fraction of sp³-hybridized carbons (Fsp3) is 0.636. The minimum Gasteiger partial charge on any atom is -0.305 e. The highest BCUT2D eigenvalue weighted by Crippen LogP contribution is 2.38. The normalized spacial score (nSPS) is 23.9. The van der Waals surface area contributed by atoms with Crippen LogP contribution in [0.25, 0.3) is 0 Å². The van der Waals surface area contributed by atoms with Crippen LogP contribution >= 0.6 is 22.9 Å². The maximum Gasteiger partial charge on any atom is 0.300 e. The van der Waals surface area contributed by atoms with E-state index >= 15 is 0 Å². The third-order valence-corrected chi connectivity index (χ3v) is 7.26. The number of halogens is 1. The minimum atomic E-state index is -3.74. The third kappa shape index (κ3) is 3.07. The molecule has 1 aliphatic heterocycles. The summed E-state index contributed by atoms with van der Waals surface area (Å²) < 4.78 is 26.3. The fourth-order valence-corrected chi connectivity index (χ4v) is 5.87. The number of hydrogen-bond acceptors (Lipinski definition) is 6. The van der Waals surface area contributed by atoms with E-state index in [9.17, 15) is 18.5 Å². The Morgan fingerprint density at radius 2 is 2.10 bits per heavy atom. The predicted octanol–water partition coefficient (Wildman–Crippen LogP) is 1.88. The van der Waals surface area contributed by atoms with Gasteiger partial charge in [0.2, 0.25) is 0 Å². The lowest BCUT2D eigenvalue weighted by Gasteiger charge is -2.22. The average Bonchev–Trinajstić information content (AvgIpc) is 2.93. The van der Waals surface area contributed by atoms with E-state index < -0.39 is 14.9 Å². The highest BCUT2D eigenvalue weighted by molar-refractivity contribution is 7.91. The van der Waals surface area contributed by atoms with Crippen LogP contribution in [0.15, 0.2) is 10.3 Å². The molecule has 0 bridgehead atoms. The molecule has 1 aliphatic rings. The standard InChI is InChI=1S/C11H16ClN3O4S2/c1-7-5-14(6-9(7)13(2)3)21(18,19)10-4-8(15(16)17)11(12)20-10/h4,7,9H,5-6H2,1-3H3. The van der Waals surface area contributed by atoms with Crippen LogP contribution in [0.2, 0.25) is 4.34 Å². The molecule has 7 nitrogen and oxygen atoms in total. The van der Waals surface area contributed by atoms with E-state index in [2.05, 4.69) is 0 Å². The van der Waals surface area contributed by atoms with Gasteiger partial charge >= 0.3 is 0 Å². The first-order valence-corrected chi connectivity index (χ1v) is 8.88. The molecule has 118 valence electrons. The number of nitrogens with zero attached hydrogens (tertiary/aromatic N) is 3. The molecule has 2 heterocycles. The van der Waals surface area contributed by atoms with Crippen LogP contribution < -0.4 is 0 Å². The van der Waals surface area contributed by atoms with Crippen LogP contribution in [-0.4, -0.2) is 55.8 Å². The molecule has 10 heteroatoms. The Morgan fingerprint density at radius 3 is 2.52 bits per heavy atom. The molecule has 2 atom stereocenters. The molecule has 0 aromatic carbocycles. The van der Waals surface area contributed by atoms with Gasteiger partial charge < -0.3 is 4.90 Å². The Labute approximate surface area is 132 Å². The van der Waals surface area contributed by atoms with Gasteiger partial charge in [0.1, 0.15) is 4.21 Å². The Morgan fingerprint density at radius 1 is 1.48 bits per heavy atom. The summed E-state index contributed by atoms with van der Waals surface area (Å²) in [4.78, 5) is 12.1. The lowest BCUT2D eigenvalue weighted by atomic mass is 10.1. The molecule has 0 radical (unpaired) electrons. The number of nitro groups is 1. The molecule has 0 spiro atoms. The van der Waals surface area contributed by atoms with Crippen molar-refractivity contribution in [2.45, 2.75) is 17.2 Å². The van der Waals surface area contributed by atoms with Gasteiger partial charge in [0.15, 0.2) is 4.34 Å². The third-order valence-electron chi connectivity index (χ3n) is 3.64. The van der Waals surface area contributed by atoms with E-state index in [1.807, 2.05) is 25.9 Å². The topological polar surface area (TPSA) is 83.8 Å². The molecular formula is C11H16ClN3O4S2. The van der Waals surface area contributed by atoms with E-state index in [1.165, 1.54) is 4.31 Å². The van der Waals surface area contributed by atoms with Gasteiger partial charge in [-0.3, -0.25) is 10.1 Å². The summed E-state index contributed by atoms with van der Waals surface area (Å²) in [5.41, 5.74) is -0.364. The maximum absolute atomic E-state index is 12.6. The van der Waals surface area contributed by atoms with Gasteiger partial charge in [0.25, 0.3) is 15.7 Å². The van der Waals surface area contributed by atoms with Crippen molar-refractivity contribution in [3.05, 3.63) is 20.5 Å². The summed E-state index contributed by atoms with van der Waals surface area (Å²) in [5.74, 6) is 0.195. The van der Waals surface area contributed by atoms with Crippen LogP contribution in [0, 0.1) is 16.0 Å². The largest absolute Gasteiger partial charge is 0.305 e. The number of likely N-dealkylation sites (N-methyl/N-ethyl adjacent to an activating group) is 1. The Bertz CT molecular complexity index is 658. The first-order chi connectivity index (χ1) is 9.64. The maximum atomic E-state index is 12.6. The molecule has 1 saturated heterocycles. The van der Waals surface area contributed by atoms with Gasteiger partial charge in [0, 0.05) is 25.2 Å². The molecular weight excluding hydrogens is 338 g/mol. The lowest BCUT2D eigenvalue weighted by Crippen LogP contribution is -2.35. The summed E-state index contributed by atoms with van der Waals surface area (Å²) in [6.07, 6.45) is 0. The number of rotatable bonds is 4. The fourth-order valence-electron chi connectivity index (χ4n) is 2.49. The second-order valence-corrected chi connectivity index (χ2v) is 9.13. The van der Waals surface area contributed by atoms with Crippen molar-refractivity contribution in [2.75, 3.05) is 27.2 Å². The molecule has 2 rings (SSSR count). The lowest BCUT2D eigenvalue weighted by molar-refractivity contribution is -0.384. The zero-order valence-corrected chi connectivity index (χ0v) is 14.2. The summed E-state index contributed by atoms with van der Waals surface area (Å²) >= 11 is 6.47. The monoisotopic (exact) mass is 353 g/mol. The van der Waals surface area contributed by atoms with Gasteiger partial charge in [-0.1, -0.05) is 18.5 Å². The van der Waals surface area contributed by atoms with Crippen molar-refractivity contribution in [3.8, 4) is 0 Å². The van der Waals surface area contributed by atoms with Crippen molar-refractivity contribution in [3.63, 3.8) is 0 Å². The van der Waals surface area contributed by atoms with E-state index in [4.69, 9.17) is 11.6 Å². The van der Waals surface area contributed by atoms with Crippen LogP contribution in [0.3, 0.4) is 0 Å². The number of sulfonamides is 1. The average molecular weight is 354 g/mol. The second-order valence-electron chi connectivity index (χ2n) is 5.31. The van der Waals surface area contributed by atoms with Crippen molar-refractivity contribution >= 4 is 38.6 Å². The summed E-state index contributed by atoms with van der Waals surface area (Å²) in [5, 5.41) is 10.8. The van der Waals surface area contributed by atoms with Gasteiger partial charge in [-0.15, -0.1) is 11.3 Å². The van der Waals surface area contributed by atoms with Gasteiger partial charge in [-0.25, -0.2) is 8.42 Å². The SMILES string of the molecule is CC1CN(S(=O)(=O)c2cc([N+](=O)[O-])c(Cl)s2)CC1N(C)C. The molecule has 1 aromatic heterocycles. The van der Waals surface area contributed by atoms with Crippen molar-refractivity contribution in [2.24, 2.45) is 5.92 Å². The van der Waals surface area contributed by atoms with E-state index in [-0.39, 0.29) is 26.2 Å². The van der Waals surface area contributed by atoms with Gasteiger partial charge in [-0.2, -0.15) is 4.31 Å².